The molecule has 0 bridgehead atoms. The fraction of sp³-hybridized carbons (Fsp3) is 0.857. The molecule has 1 saturated carbocycles. The number of carbonyl (C=O) groups is 2. The van der Waals surface area contributed by atoms with Crippen molar-refractivity contribution in [3.05, 3.63) is 0 Å². The SMILES string of the molecule is C[C@@H]1CC[C@@H](CNC(=O)[C@@H](N)C(C)(C)O)[C@@](N)(C(=O)O)C1. The molecule has 1 aliphatic rings. The van der Waals surface area contributed by atoms with Gasteiger partial charge in [-0.3, -0.25) is 9.59 Å². The Balaban J connectivity index is 2.69. The molecule has 0 aromatic heterocycles. The molecule has 0 spiro atoms. The van der Waals surface area contributed by atoms with Gasteiger partial charge in [-0.05, 0) is 32.6 Å². The normalized spacial score (nSPS) is 31.5. The molecule has 4 atom stereocenters. The second-order valence-corrected chi connectivity index (χ2v) is 6.81. The highest BCUT2D eigenvalue weighted by Crippen LogP contribution is 2.35. The van der Waals surface area contributed by atoms with Crippen molar-refractivity contribution in [3.8, 4) is 0 Å². The first-order valence-electron chi connectivity index (χ1n) is 7.26. The maximum atomic E-state index is 11.9. The Labute approximate surface area is 125 Å². The van der Waals surface area contributed by atoms with Gasteiger partial charge in [0.25, 0.3) is 0 Å². The summed E-state index contributed by atoms with van der Waals surface area (Å²) < 4.78 is 0. The Morgan fingerprint density at radius 2 is 2.00 bits per heavy atom. The van der Waals surface area contributed by atoms with E-state index in [0.717, 1.165) is 6.42 Å². The third-order valence-electron chi connectivity index (χ3n) is 4.39. The number of carboxylic acid groups (broad SMARTS) is 1. The Morgan fingerprint density at radius 3 is 2.48 bits per heavy atom. The summed E-state index contributed by atoms with van der Waals surface area (Å²) in [6.07, 6.45) is 1.91. The van der Waals surface area contributed by atoms with Crippen LogP contribution in [0, 0.1) is 11.8 Å². The smallest absolute Gasteiger partial charge is 0.324 e. The number of carbonyl (C=O) groups excluding carboxylic acids is 1. The van der Waals surface area contributed by atoms with E-state index in [1.54, 1.807) is 0 Å². The van der Waals surface area contributed by atoms with Crippen molar-refractivity contribution in [1.29, 1.82) is 0 Å². The van der Waals surface area contributed by atoms with E-state index in [4.69, 9.17) is 11.5 Å². The summed E-state index contributed by atoms with van der Waals surface area (Å²) in [4.78, 5) is 23.4. The molecule has 1 aliphatic carbocycles. The minimum Gasteiger partial charge on any atom is -0.480 e. The van der Waals surface area contributed by atoms with E-state index < -0.39 is 29.1 Å². The lowest BCUT2D eigenvalue weighted by Gasteiger charge is -2.40. The number of hydrogen-bond donors (Lipinski definition) is 5. The first-order chi connectivity index (χ1) is 9.48. The van der Waals surface area contributed by atoms with E-state index in [0.29, 0.717) is 12.8 Å². The summed E-state index contributed by atoms with van der Waals surface area (Å²) in [5, 5.41) is 21.7. The van der Waals surface area contributed by atoms with E-state index in [-0.39, 0.29) is 18.4 Å². The van der Waals surface area contributed by atoms with Gasteiger partial charge in [0.2, 0.25) is 5.91 Å². The molecule has 21 heavy (non-hydrogen) atoms. The number of amides is 1. The van der Waals surface area contributed by atoms with E-state index in [1.807, 2.05) is 6.92 Å². The van der Waals surface area contributed by atoms with E-state index in [9.17, 15) is 19.8 Å². The van der Waals surface area contributed by atoms with E-state index >= 15 is 0 Å². The van der Waals surface area contributed by atoms with Crippen LogP contribution in [0.3, 0.4) is 0 Å². The first-order valence-corrected chi connectivity index (χ1v) is 7.26. The molecular formula is C14H27N3O4. The van der Waals surface area contributed by atoms with Crippen molar-refractivity contribution in [2.75, 3.05) is 6.54 Å². The summed E-state index contributed by atoms with van der Waals surface area (Å²) >= 11 is 0. The number of nitrogens with one attached hydrogen (secondary N) is 1. The molecule has 7 heteroatoms. The number of aliphatic hydroxyl groups is 1. The van der Waals surface area contributed by atoms with Gasteiger partial charge < -0.3 is 27.0 Å². The molecule has 0 heterocycles. The molecule has 1 rings (SSSR count). The predicted octanol–water partition coefficient (Wildman–Crippen LogP) is -0.581. The monoisotopic (exact) mass is 301 g/mol. The molecule has 0 aliphatic heterocycles. The summed E-state index contributed by atoms with van der Waals surface area (Å²) in [5.74, 6) is -1.64. The molecule has 7 nitrogen and oxygen atoms in total. The lowest BCUT2D eigenvalue weighted by Crippen LogP contribution is -2.61. The minimum absolute atomic E-state index is 0.151. The van der Waals surface area contributed by atoms with Gasteiger partial charge in [-0.25, -0.2) is 0 Å². The predicted molar refractivity (Wildman–Crippen MR) is 78.3 cm³/mol. The standard InChI is InChI=1S/C14H27N3O4/c1-8-4-5-9(14(16,6-8)12(19)20)7-17-11(18)10(15)13(2,3)21/h8-10,21H,4-7,15-16H2,1-3H3,(H,17,18)(H,19,20)/t8-,9+,10-,14-/m1/s1. The summed E-state index contributed by atoms with van der Waals surface area (Å²) in [5.41, 5.74) is 9.04. The lowest BCUT2D eigenvalue weighted by molar-refractivity contribution is -0.148. The number of carboxylic acids is 1. The van der Waals surface area contributed by atoms with Crippen LogP contribution in [0.2, 0.25) is 0 Å². The third kappa shape index (κ3) is 4.15. The second-order valence-electron chi connectivity index (χ2n) is 6.81. The quantitative estimate of drug-likeness (QED) is 0.460. The molecule has 7 N–H and O–H groups in total. The van der Waals surface area contributed by atoms with Gasteiger partial charge in [-0.15, -0.1) is 0 Å². The van der Waals surface area contributed by atoms with Gasteiger partial charge >= 0.3 is 5.97 Å². The maximum Gasteiger partial charge on any atom is 0.324 e. The van der Waals surface area contributed by atoms with Gasteiger partial charge in [0.05, 0.1) is 5.60 Å². The van der Waals surface area contributed by atoms with Crippen molar-refractivity contribution in [3.63, 3.8) is 0 Å². The first kappa shape index (κ1) is 17.9. The Morgan fingerprint density at radius 1 is 1.43 bits per heavy atom. The average Bonchev–Trinajstić information content (AvgIpc) is 2.35. The fourth-order valence-electron chi connectivity index (χ4n) is 2.79. The molecule has 0 saturated heterocycles. The highest BCUT2D eigenvalue weighted by Gasteiger charge is 2.46. The van der Waals surface area contributed by atoms with Crippen LogP contribution < -0.4 is 16.8 Å². The maximum absolute atomic E-state index is 11.9. The van der Waals surface area contributed by atoms with Crippen LogP contribution >= 0.6 is 0 Å². The molecule has 0 aromatic rings. The zero-order valence-electron chi connectivity index (χ0n) is 12.9. The number of rotatable bonds is 5. The zero-order valence-corrected chi connectivity index (χ0v) is 12.9. The molecular weight excluding hydrogens is 274 g/mol. The third-order valence-corrected chi connectivity index (χ3v) is 4.39. The van der Waals surface area contributed by atoms with E-state index in [2.05, 4.69) is 5.32 Å². The summed E-state index contributed by atoms with van der Waals surface area (Å²) in [6.45, 7) is 5.02. The number of nitrogens with two attached hydrogens (primary N) is 2. The average molecular weight is 301 g/mol. The molecule has 1 amide bonds. The highest BCUT2D eigenvalue weighted by molar-refractivity contribution is 5.83. The van der Waals surface area contributed by atoms with Gasteiger partial charge in [0, 0.05) is 12.5 Å². The minimum atomic E-state index is -1.34. The Hall–Kier alpha value is -1.18. The fourth-order valence-corrected chi connectivity index (χ4v) is 2.79. The Bertz CT molecular complexity index is 408. The lowest BCUT2D eigenvalue weighted by atomic mass is 9.69. The van der Waals surface area contributed by atoms with Crippen LogP contribution in [-0.2, 0) is 9.59 Å². The van der Waals surface area contributed by atoms with Crippen molar-refractivity contribution in [2.24, 2.45) is 23.3 Å². The van der Waals surface area contributed by atoms with Gasteiger partial charge in [-0.1, -0.05) is 13.3 Å². The number of hydrogen-bond acceptors (Lipinski definition) is 5. The molecule has 0 unspecified atom stereocenters. The van der Waals surface area contributed by atoms with Crippen molar-refractivity contribution >= 4 is 11.9 Å². The van der Waals surface area contributed by atoms with Gasteiger partial charge in [-0.2, -0.15) is 0 Å². The van der Waals surface area contributed by atoms with Crippen molar-refractivity contribution in [1.82, 2.24) is 5.32 Å². The summed E-state index contributed by atoms with van der Waals surface area (Å²) in [7, 11) is 0. The van der Waals surface area contributed by atoms with Gasteiger partial charge in [0.15, 0.2) is 0 Å². The molecule has 0 aromatic carbocycles. The largest absolute Gasteiger partial charge is 0.480 e. The Kier molecular flexibility index (Phi) is 5.35. The highest BCUT2D eigenvalue weighted by atomic mass is 16.4. The van der Waals surface area contributed by atoms with E-state index in [1.165, 1.54) is 13.8 Å². The van der Waals surface area contributed by atoms with Crippen LogP contribution in [0.4, 0.5) is 0 Å². The van der Waals surface area contributed by atoms with Crippen LogP contribution in [-0.4, -0.2) is 45.8 Å². The van der Waals surface area contributed by atoms with Crippen LogP contribution in [0.1, 0.15) is 40.0 Å². The van der Waals surface area contributed by atoms with Crippen LogP contribution in [0.5, 0.6) is 0 Å². The van der Waals surface area contributed by atoms with Crippen molar-refractivity contribution < 1.29 is 19.8 Å². The molecule has 1 fully saturated rings. The van der Waals surface area contributed by atoms with Crippen LogP contribution in [0.25, 0.3) is 0 Å². The molecule has 0 radical (unpaired) electrons. The topological polar surface area (TPSA) is 139 Å². The number of aliphatic carboxylic acids is 1. The second kappa shape index (κ2) is 6.29. The summed E-state index contributed by atoms with van der Waals surface area (Å²) in [6, 6.07) is -1.07. The van der Waals surface area contributed by atoms with Crippen molar-refractivity contribution in [2.45, 2.75) is 57.2 Å². The van der Waals surface area contributed by atoms with Gasteiger partial charge in [0.1, 0.15) is 11.6 Å². The zero-order chi connectivity index (χ0) is 16.4. The molecule has 122 valence electrons. The van der Waals surface area contributed by atoms with Crippen LogP contribution in [0.15, 0.2) is 0 Å².